The van der Waals surface area contributed by atoms with Gasteiger partial charge in [-0.1, -0.05) is 30.3 Å². The van der Waals surface area contributed by atoms with E-state index in [0.29, 0.717) is 64.8 Å². The van der Waals surface area contributed by atoms with Crippen LogP contribution in [0.25, 0.3) is 10.9 Å². The minimum Gasteiger partial charge on any atom is -0.493 e. The van der Waals surface area contributed by atoms with Crippen molar-refractivity contribution in [2.75, 3.05) is 51.0 Å². The van der Waals surface area contributed by atoms with E-state index in [1.165, 1.54) is 0 Å². The molecule has 0 aliphatic carbocycles. The summed E-state index contributed by atoms with van der Waals surface area (Å²) < 4.78 is 11.5. The summed E-state index contributed by atoms with van der Waals surface area (Å²) in [4.78, 5) is 25.9. The summed E-state index contributed by atoms with van der Waals surface area (Å²) in [6, 6.07) is 11.1. The van der Waals surface area contributed by atoms with Crippen LogP contribution in [0.3, 0.4) is 0 Å². The van der Waals surface area contributed by atoms with Crippen molar-refractivity contribution in [3.63, 3.8) is 0 Å². The number of ether oxygens (including phenoxy) is 2. The fraction of sp³-hybridized carbons (Fsp3) is 0.348. The van der Waals surface area contributed by atoms with Gasteiger partial charge in [0.05, 0.1) is 24.2 Å². The van der Waals surface area contributed by atoms with E-state index >= 15 is 0 Å². The third-order valence-corrected chi connectivity index (χ3v) is 6.57. The van der Waals surface area contributed by atoms with Crippen LogP contribution < -0.4 is 25.8 Å². The molecule has 174 valence electrons. The van der Waals surface area contributed by atoms with Crippen molar-refractivity contribution in [2.45, 2.75) is 12.5 Å². The molecule has 0 bridgehead atoms. The number of hydrogen-bond donors (Lipinski definition) is 2. The molecule has 9 nitrogen and oxygen atoms in total. The number of amides is 1. The van der Waals surface area contributed by atoms with Crippen LogP contribution in [-0.4, -0.2) is 61.2 Å². The summed E-state index contributed by atoms with van der Waals surface area (Å²) >= 11 is 3.56. The monoisotopic (exact) mass is 514 g/mol. The van der Waals surface area contributed by atoms with Crippen LogP contribution in [0.15, 0.2) is 40.9 Å². The van der Waals surface area contributed by atoms with Crippen LogP contribution in [0.5, 0.6) is 11.5 Å². The summed E-state index contributed by atoms with van der Waals surface area (Å²) in [6.45, 7) is 2.33. The Kier molecular flexibility index (Phi) is 6.85. The first-order valence-corrected chi connectivity index (χ1v) is 11.4. The second-order valence-electron chi connectivity index (χ2n) is 7.82. The average molecular weight is 515 g/mol. The van der Waals surface area contributed by atoms with Crippen molar-refractivity contribution in [1.29, 1.82) is 0 Å². The molecule has 4 N–H and O–H groups in total. The molecule has 0 spiro atoms. The molecule has 0 radical (unpaired) electrons. The van der Waals surface area contributed by atoms with Gasteiger partial charge >= 0.3 is 0 Å². The number of hydrogen-bond acceptors (Lipinski definition) is 8. The Bertz CT molecular complexity index is 1150. The maximum atomic E-state index is 12.8. The highest BCUT2D eigenvalue weighted by Crippen LogP contribution is 2.42. The van der Waals surface area contributed by atoms with Crippen LogP contribution in [0, 0.1) is 0 Å². The number of piperazine rings is 1. The van der Waals surface area contributed by atoms with Gasteiger partial charge in [-0.25, -0.2) is 4.98 Å². The van der Waals surface area contributed by atoms with Crippen molar-refractivity contribution in [3.05, 3.63) is 46.4 Å². The number of fused-ring (bicyclic) bond motifs is 1. The van der Waals surface area contributed by atoms with Gasteiger partial charge in [0.1, 0.15) is 5.82 Å². The Morgan fingerprint density at radius 1 is 1.12 bits per heavy atom. The van der Waals surface area contributed by atoms with E-state index in [4.69, 9.17) is 25.9 Å². The molecule has 33 heavy (non-hydrogen) atoms. The molecular weight excluding hydrogens is 488 g/mol. The zero-order valence-electron chi connectivity index (χ0n) is 18.6. The fourth-order valence-corrected chi connectivity index (χ4v) is 4.63. The van der Waals surface area contributed by atoms with E-state index in [1.807, 2.05) is 40.1 Å². The Morgan fingerprint density at radius 3 is 2.45 bits per heavy atom. The van der Waals surface area contributed by atoms with E-state index in [1.54, 1.807) is 20.3 Å². The summed E-state index contributed by atoms with van der Waals surface area (Å²) in [5.74, 6) is 1.99. The molecule has 1 aliphatic rings. The Balaban J connectivity index is 1.47. The zero-order valence-corrected chi connectivity index (χ0v) is 20.2. The molecule has 1 aromatic heterocycles. The minimum atomic E-state index is -0.315. The molecule has 1 atom stereocenters. The molecule has 10 heteroatoms. The third-order valence-electron chi connectivity index (χ3n) is 5.83. The molecule has 1 amide bonds. The molecule has 1 unspecified atom stereocenters. The molecular formula is C23H27BrN6O3. The van der Waals surface area contributed by atoms with Gasteiger partial charge in [-0.3, -0.25) is 4.79 Å². The highest BCUT2D eigenvalue weighted by molar-refractivity contribution is 9.10. The van der Waals surface area contributed by atoms with Crippen LogP contribution in [-0.2, 0) is 4.79 Å². The number of nitrogen functional groups attached to an aromatic ring is 1. The number of methoxy groups -OCH3 is 2. The summed E-state index contributed by atoms with van der Waals surface area (Å²) in [5.41, 5.74) is 14.1. The fourth-order valence-electron chi connectivity index (χ4n) is 3.97. The Hall–Kier alpha value is -3.11. The normalized spacial score (nSPS) is 14.9. The highest BCUT2D eigenvalue weighted by Gasteiger charge is 2.26. The van der Waals surface area contributed by atoms with E-state index in [9.17, 15) is 4.79 Å². The minimum absolute atomic E-state index is 0.0459. The van der Waals surface area contributed by atoms with Crippen molar-refractivity contribution in [3.8, 4) is 11.5 Å². The number of aromatic nitrogens is 2. The number of carbonyl (C=O) groups excluding carboxylic acids is 1. The first kappa shape index (κ1) is 23.1. The first-order chi connectivity index (χ1) is 15.9. The van der Waals surface area contributed by atoms with Crippen LogP contribution in [0.1, 0.15) is 18.0 Å². The third kappa shape index (κ3) is 4.67. The van der Waals surface area contributed by atoms with Gasteiger partial charge in [-0.05, 0) is 27.6 Å². The number of rotatable bonds is 6. The molecule has 4 rings (SSSR count). The maximum Gasteiger partial charge on any atom is 0.228 e. The van der Waals surface area contributed by atoms with Crippen molar-refractivity contribution >= 4 is 44.5 Å². The quantitative estimate of drug-likeness (QED) is 0.515. The first-order valence-electron chi connectivity index (χ1n) is 10.6. The predicted octanol–water partition coefficient (Wildman–Crippen LogP) is 2.73. The lowest BCUT2D eigenvalue weighted by Crippen LogP contribution is -2.49. The number of benzene rings is 2. The zero-order chi connectivity index (χ0) is 23.5. The summed E-state index contributed by atoms with van der Waals surface area (Å²) in [7, 11) is 3.13. The molecule has 1 fully saturated rings. The van der Waals surface area contributed by atoms with Gasteiger partial charge < -0.3 is 30.7 Å². The summed E-state index contributed by atoms with van der Waals surface area (Å²) in [6.07, 6.45) is 0.276. The van der Waals surface area contributed by atoms with Crippen LogP contribution in [0.2, 0.25) is 0 Å². The predicted molar refractivity (Wildman–Crippen MR) is 132 cm³/mol. The van der Waals surface area contributed by atoms with E-state index < -0.39 is 0 Å². The van der Waals surface area contributed by atoms with Gasteiger partial charge in [0.25, 0.3) is 0 Å². The molecule has 0 saturated carbocycles. The molecule has 2 heterocycles. The lowest BCUT2D eigenvalue weighted by Gasteiger charge is -2.35. The van der Waals surface area contributed by atoms with Crippen molar-refractivity contribution in [1.82, 2.24) is 14.9 Å². The number of anilines is 2. The van der Waals surface area contributed by atoms with Gasteiger partial charge in [-0.2, -0.15) is 4.98 Å². The number of carbonyl (C=O) groups is 1. The molecule has 3 aromatic rings. The van der Waals surface area contributed by atoms with Gasteiger partial charge in [0.2, 0.25) is 11.9 Å². The lowest BCUT2D eigenvalue weighted by atomic mass is 10.0. The van der Waals surface area contributed by atoms with Crippen LogP contribution >= 0.6 is 15.9 Å². The number of nitrogens with two attached hydrogens (primary N) is 2. The van der Waals surface area contributed by atoms with Gasteiger partial charge in [0.15, 0.2) is 11.5 Å². The van der Waals surface area contributed by atoms with E-state index in [-0.39, 0.29) is 18.4 Å². The smallest absolute Gasteiger partial charge is 0.228 e. The molecule has 2 aromatic carbocycles. The number of halogens is 1. The van der Waals surface area contributed by atoms with Crippen molar-refractivity contribution < 1.29 is 14.3 Å². The highest BCUT2D eigenvalue weighted by atomic mass is 79.9. The lowest BCUT2D eigenvalue weighted by molar-refractivity contribution is -0.131. The standard InChI is InChI=1S/C23H27BrN6O3/c1-32-17-12-15-20(19(24)21(17)33-2)27-23(28-22(15)26)30-10-8-29(9-11-30)18(31)13-16(25)14-6-4-3-5-7-14/h3-7,12,16H,8-11,13,25H2,1-2H3,(H2,26,27,28). The van der Waals surface area contributed by atoms with E-state index in [2.05, 4.69) is 20.9 Å². The summed E-state index contributed by atoms with van der Waals surface area (Å²) in [5, 5.41) is 0.673. The van der Waals surface area contributed by atoms with E-state index in [0.717, 1.165) is 5.56 Å². The van der Waals surface area contributed by atoms with Gasteiger partial charge in [0, 0.05) is 44.0 Å². The Morgan fingerprint density at radius 2 is 1.82 bits per heavy atom. The van der Waals surface area contributed by atoms with Gasteiger partial charge in [-0.15, -0.1) is 0 Å². The topological polar surface area (TPSA) is 120 Å². The molecule has 1 saturated heterocycles. The second-order valence-corrected chi connectivity index (χ2v) is 8.61. The molecule has 1 aliphatic heterocycles. The second kappa shape index (κ2) is 9.80. The average Bonchev–Trinajstić information content (AvgIpc) is 2.84. The number of nitrogens with zero attached hydrogens (tertiary/aromatic N) is 4. The SMILES string of the molecule is COc1cc2c(N)nc(N3CCN(C(=O)CC(N)c4ccccc4)CC3)nc2c(Br)c1OC. The van der Waals surface area contributed by atoms with Crippen molar-refractivity contribution in [2.24, 2.45) is 5.73 Å². The Labute approximate surface area is 200 Å². The van der Waals surface area contributed by atoms with Crippen LogP contribution in [0.4, 0.5) is 11.8 Å². The maximum absolute atomic E-state index is 12.8. The largest absolute Gasteiger partial charge is 0.493 e.